The Bertz CT molecular complexity index is 1140. The van der Waals surface area contributed by atoms with Gasteiger partial charge in [0.1, 0.15) is 5.75 Å². The van der Waals surface area contributed by atoms with Gasteiger partial charge in [0.15, 0.2) is 0 Å². The Morgan fingerprint density at radius 2 is 1.70 bits per heavy atom. The van der Waals surface area contributed by atoms with Crippen LogP contribution in [-0.4, -0.2) is 35.2 Å². The van der Waals surface area contributed by atoms with Crippen LogP contribution >= 0.6 is 0 Å². The summed E-state index contributed by atoms with van der Waals surface area (Å²) in [5, 5.41) is 10.8. The molecule has 0 aliphatic carbocycles. The molecule has 2 aromatic rings. The molecular formula is C23H21N3O7. The number of anilines is 2. The number of ether oxygens (including phenoxy) is 1. The summed E-state index contributed by atoms with van der Waals surface area (Å²) < 4.78 is 5.46. The maximum atomic E-state index is 12.7. The highest BCUT2D eigenvalue weighted by molar-refractivity contribution is 6.16. The fraction of sp³-hybridized carbons (Fsp3) is 0.304. The number of nitrogens with zero attached hydrogens (tertiary/aromatic N) is 3. The standard InChI is InChI=1S/C23H21N3O7/c1-14-11-18(9-10-19(14)25-20(27)3-2-4-21(25)28)33-23(30)15-12-22(29)24(13-15)16-5-7-17(8-6-16)26(31)32/h5-11,15H,2-4,12-13H2,1H3/t15-/m0/s1. The maximum Gasteiger partial charge on any atom is 0.316 e. The quantitative estimate of drug-likeness (QED) is 0.225. The molecular weight excluding hydrogens is 430 g/mol. The topological polar surface area (TPSA) is 127 Å². The minimum absolute atomic E-state index is 0.0380. The monoisotopic (exact) mass is 451 g/mol. The number of esters is 1. The van der Waals surface area contributed by atoms with E-state index < -0.39 is 16.8 Å². The molecule has 170 valence electrons. The predicted molar refractivity (Wildman–Crippen MR) is 117 cm³/mol. The number of hydrogen-bond donors (Lipinski definition) is 0. The second kappa shape index (κ2) is 8.81. The van der Waals surface area contributed by atoms with Crippen LogP contribution in [0.2, 0.25) is 0 Å². The summed E-state index contributed by atoms with van der Waals surface area (Å²) in [6.45, 7) is 1.82. The molecule has 0 unspecified atom stereocenters. The van der Waals surface area contributed by atoms with Gasteiger partial charge in [0, 0.05) is 43.6 Å². The molecule has 0 saturated carbocycles. The van der Waals surface area contributed by atoms with Crippen molar-refractivity contribution in [2.75, 3.05) is 16.3 Å². The van der Waals surface area contributed by atoms with Crippen LogP contribution in [0, 0.1) is 23.0 Å². The number of amides is 3. The zero-order chi connectivity index (χ0) is 23.7. The zero-order valence-corrected chi connectivity index (χ0v) is 17.9. The molecule has 3 amide bonds. The van der Waals surface area contributed by atoms with Crippen LogP contribution in [0.5, 0.6) is 5.75 Å². The lowest BCUT2D eigenvalue weighted by Gasteiger charge is -2.26. The molecule has 2 aliphatic heterocycles. The van der Waals surface area contributed by atoms with E-state index in [0.29, 0.717) is 36.2 Å². The fourth-order valence-corrected chi connectivity index (χ4v) is 4.03. The third-order valence-electron chi connectivity index (χ3n) is 5.74. The Kier molecular flexibility index (Phi) is 5.91. The van der Waals surface area contributed by atoms with Crippen molar-refractivity contribution in [3.8, 4) is 5.75 Å². The fourth-order valence-electron chi connectivity index (χ4n) is 4.03. The number of aryl methyl sites for hydroxylation is 1. The second-order valence-corrected chi connectivity index (χ2v) is 8.02. The summed E-state index contributed by atoms with van der Waals surface area (Å²) in [5.41, 5.74) is 1.45. The van der Waals surface area contributed by atoms with E-state index in [1.165, 1.54) is 40.1 Å². The molecule has 2 fully saturated rings. The predicted octanol–water partition coefficient (Wildman–Crippen LogP) is 2.91. The summed E-state index contributed by atoms with van der Waals surface area (Å²) in [5.74, 6) is -1.81. The van der Waals surface area contributed by atoms with Crippen LogP contribution in [0.15, 0.2) is 42.5 Å². The maximum absolute atomic E-state index is 12.7. The van der Waals surface area contributed by atoms with Crippen LogP contribution < -0.4 is 14.5 Å². The molecule has 1 atom stereocenters. The summed E-state index contributed by atoms with van der Waals surface area (Å²) in [4.78, 5) is 62.3. The van der Waals surface area contributed by atoms with Gasteiger partial charge in [0.2, 0.25) is 17.7 Å². The molecule has 0 aromatic heterocycles. The number of non-ortho nitro benzene ring substituents is 1. The van der Waals surface area contributed by atoms with E-state index in [2.05, 4.69) is 0 Å². The van der Waals surface area contributed by atoms with Crippen molar-refractivity contribution in [3.05, 3.63) is 58.1 Å². The molecule has 33 heavy (non-hydrogen) atoms. The number of nitro groups is 1. The molecule has 0 radical (unpaired) electrons. The Labute approximate surface area is 188 Å². The van der Waals surface area contributed by atoms with Gasteiger partial charge in [-0.25, -0.2) is 0 Å². The van der Waals surface area contributed by atoms with Crippen molar-refractivity contribution < 1.29 is 28.8 Å². The molecule has 2 aliphatic rings. The molecule has 0 bridgehead atoms. The van der Waals surface area contributed by atoms with E-state index in [1.54, 1.807) is 19.1 Å². The van der Waals surface area contributed by atoms with Crippen molar-refractivity contribution >= 4 is 40.8 Å². The lowest BCUT2D eigenvalue weighted by molar-refractivity contribution is -0.384. The Hall–Kier alpha value is -4.08. The van der Waals surface area contributed by atoms with Gasteiger partial charge in [-0.1, -0.05) is 0 Å². The van der Waals surface area contributed by atoms with E-state index in [9.17, 15) is 29.3 Å². The molecule has 0 spiro atoms. The van der Waals surface area contributed by atoms with Crippen molar-refractivity contribution in [1.29, 1.82) is 0 Å². The Balaban J connectivity index is 1.43. The lowest BCUT2D eigenvalue weighted by atomic mass is 10.1. The van der Waals surface area contributed by atoms with Crippen molar-refractivity contribution in [1.82, 2.24) is 0 Å². The molecule has 2 saturated heterocycles. The highest BCUT2D eigenvalue weighted by atomic mass is 16.6. The minimum atomic E-state index is -0.696. The lowest BCUT2D eigenvalue weighted by Crippen LogP contribution is -2.40. The van der Waals surface area contributed by atoms with Crippen molar-refractivity contribution in [3.63, 3.8) is 0 Å². The zero-order valence-electron chi connectivity index (χ0n) is 17.9. The molecule has 10 nitrogen and oxygen atoms in total. The number of nitro benzene ring substituents is 1. The highest BCUT2D eigenvalue weighted by Gasteiger charge is 2.37. The molecule has 4 rings (SSSR count). The number of imide groups is 1. The van der Waals surface area contributed by atoms with Gasteiger partial charge in [-0.05, 0) is 49.2 Å². The number of hydrogen-bond acceptors (Lipinski definition) is 7. The molecule has 0 N–H and O–H groups in total. The average molecular weight is 451 g/mol. The first-order chi connectivity index (χ1) is 15.7. The normalized spacial score (nSPS) is 18.6. The smallest absolute Gasteiger partial charge is 0.316 e. The minimum Gasteiger partial charge on any atom is -0.426 e. The average Bonchev–Trinajstić information content (AvgIpc) is 3.17. The van der Waals surface area contributed by atoms with Crippen LogP contribution in [0.25, 0.3) is 0 Å². The third kappa shape index (κ3) is 4.45. The summed E-state index contributed by atoms with van der Waals surface area (Å²) in [6.07, 6.45) is 1.12. The van der Waals surface area contributed by atoms with Crippen LogP contribution in [0.3, 0.4) is 0 Å². The van der Waals surface area contributed by atoms with Crippen molar-refractivity contribution in [2.24, 2.45) is 5.92 Å². The van der Waals surface area contributed by atoms with Crippen molar-refractivity contribution in [2.45, 2.75) is 32.6 Å². The van der Waals surface area contributed by atoms with Gasteiger partial charge in [0.25, 0.3) is 5.69 Å². The summed E-state index contributed by atoms with van der Waals surface area (Å²) in [6, 6.07) is 10.2. The third-order valence-corrected chi connectivity index (χ3v) is 5.74. The number of benzene rings is 2. The van der Waals surface area contributed by atoms with Gasteiger partial charge in [-0.2, -0.15) is 0 Å². The SMILES string of the molecule is Cc1cc(OC(=O)[C@H]2CC(=O)N(c3ccc([N+](=O)[O-])cc3)C2)ccc1N1C(=O)CCCC1=O. The van der Waals surface area contributed by atoms with Gasteiger partial charge < -0.3 is 9.64 Å². The Morgan fingerprint density at radius 1 is 1.03 bits per heavy atom. The van der Waals surface area contributed by atoms with E-state index in [-0.39, 0.29) is 42.1 Å². The highest BCUT2D eigenvalue weighted by Crippen LogP contribution is 2.31. The summed E-state index contributed by atoms with van der Waals surface area (Å²) in [7, 11) is 0. The van der Waals surface area contributed by atoms with E-state index in [1.807, 2.05) is 0 Å². The van der Waals surface area contributed by atoms with E-state index in [0.717, 1.165) is 0 Å². The number of carbonyl (C=O) groups excluding carboxylic acids is 4. The number of carbonyl (C=O) groups is 4. The first kappa shape index (κ1) is 22.1. The van der Waals surface area contributed by atoms with Crippen LogP contribution in [0.4, 0.5) is 17.1 Å². The van der Waals surface area contributed by atoms with Crippen LogP contribution in [-0.2, 0) is 19.2 Å². The largest absolute Gasteiger partial charge is 0.426 e. The first-order valence-electron chi connectivity index (χ1n) is 10.5. The van der Waals surface area contributed by atoms with Gasteiger partial charge in [0.05, 0.1) is 16.5 Å². The number of rotatable bonds is 5. The van der Waals surface area contributed by atoms with Gasteiger partial charge >= 0.3 is 5.97 Å². The van der Waals surface area contributed by atoms with E-state index in [4.69, 9.17) is 4.74 Å². The number of piperidine rings is 1. The van der Waals surface area contributed by atoms with Gasteiger partial charge in [-0.3, -0.25) is 34.2 Å². The van der Waals surface area contributed by atoms with E-state index >= 15 is 0 Å². The Morgan fingerprint density at radius 3 is 2.30 bits per heavy atom. The van der Waals surface area contributed by atoms with Crippen LogP contribution in [0.1, 0.15) is 31.2 Å². The molecule has 10 heteroatoms. The summed E-state index contributed by atoms with van der Waals surface area (Å²) >= 11 is 0. The molecule has 2 heterocycles. The van der Waals surface area contributed by atoms with Gasteiger partial charge in [-0.15, -0.1) is 0 Å². The second-order valence-electron chi connectivity index (χ2n) is 8.02. The molecule has 2 aromatic carbocycles. The first-order valence-corrected chi connectivity index (χ1v) is 10.5.